The van der Waals surface area contributed by atoms with Crippen molar-refractivity contribution in [3.8, 4) is 0 Å². The molecule has 1 aromatic rings. The lowest BCUT2D eigenvalue weighted by molar-refractivity contribution is 0.0598. The molecule has 0 aromatic carbocycles. The second-order valence-corrected chi connectivity index (χ2v) is 3.20. The zero-order chi connectivity index (χ0) is 9.97. The van der Waals surface area contributed by atoms with E-state index in [9.17, 15) is 4.79 Å². The number of esters is 1. The van der Waals surface area contributed by atoms with Crippen LogP contribution >= 0.6 is 12.4 Å². The Morgan fingerprint density at radius 3 is 3.13 bits per heavy atom. The summed E-state index contributed by atoms with van der Waals surface area (Å²) in [5, 5.41) is 3.21. The number of carbonyl (C=O) groups is 1. The molecule has 0 saturated heterocycles. The molecule has 0 amide bonds. The number of carbonyl (C=O) groups excluding carboxylic acids is 1. The van der Waals surface area contributed by atoms with E-state index in [1.165, 1.54) is 7.11 Å². The van der Waals surface area contributed by atoms with E-state index in [1.54, 1.807) is 12.3 Å². The molecule has 0 fully saturated rings. The van der Waals surface area contributed by atoms with Crippen LogP contribution in [0.1, 0.15) is 21.6 Å². The minimum atomic E-state index is -0.285. The summed E-state index contributed by atoms with van der Waals surface area (Å²) >= 11 is 0. The molecule has 0 aliphatic carbocycles. The third-order valence-electron chi connectivity index (χ3n) is 2.39. The van der Waals surface area contributed by atoms with Gasteiger partial charge in [-0.05, 0) is 6.07 Å². The fraction of sp³-hybridized carbons (Fsp3) is 0.400. The summed E-state index contributed by atoms with van der Waals surface area (Å²) in [6, 6.07) is 1.71. The number of fused-ring (bicyclic) bond motifs is 1. The molecule has 0 atom stereocenters. The van der Waals surface area contributed by atoms with Crippen molar-refractivity contribution < 1.29 is 9.53 Å². The molecule has 0 bridgehead atoms. The standard InChI is InChI=1S/C10H12N2O2.ClH/c1-14-10(13)7-2-5-12-9-3-4-11-6-8(7)9;/h2,5,11H,3-4,6H2,1H3;1H. The van der Waals surface area contributed by atoms with Gasteiger partial charge in [0.25, 0.3) is 0 Å². The Labute approximate surface area is 94.4 Å². The summed E-state index contributed by atoms with van der Waals surface area (Å²) in [5.74, 6) is -0.285. The van der Waals surface area contributed by atoms with E-state index in [1.807, 2.05) is 0 Å². The Morgan fingerprint density at radius 2 is 2.40 bits per heavy atom. The van der Waals surface area contributed by atoms with Gasteiger partial charge in [-0.25, -0.2) is 4.79 Å². The Balaban J connectivity index is 0.00000112. The van der Waals surface area contributed by atoms with Crippen LogP contribution in [-0.2, 0) is 17.7 Å². The molecule has 0 radical (unpaired) electrons. The average Bonchev–Trinajstić information content (AvgIpc) is 2.27. The molecule has 1 aromatic heterocycles. The van der Waals surface area contributed by atoms with Gasteiger partial charge >= 0.3 is 5.97 Å². The summed E-state index contributed by atoms with van der Waals surface area (Å²) in [6.45, 7) is 1.62. The van der Waals surface area contributed by atoms with Crippen LogP contribution in [0.2, 0.25) is 0 Å². The zero-order valence-corrected chi connectivity index (χ0v) is 9.26. The maximum absolute atomic E-state index is 11.4. The van der Waals surface area contributed by atoms with Gasteiger partial charge in [0.15, 0.2) is 0 Å². The molecule has 1 aliphatic rings. The van der Waals surface area contributed by atoms with Crippen molar-refractivity contribution in [1.29, 1.82) is 0 Å². The third kappa shape index (κ3) is 2.27. The highest BCUT2D eigenvalue weighted by Crippen LogP contribution is 2.16. The van der Waals surface area contributed by atoms with Gasteiger partial charge in [-0.3, -0.25) is 4.98 Å². The van der Waals surface area contributed by atoms with E-state index in [0.29, 0.717) is 12.1 Å². The van der Waals surface area contributed by atoms with Gasteiger partial charge in [0.05, 0.1) is 12.7 Å². The van der Waals surface area contributed by atoms with E-state index in [-0.39, 0.29) is 18.4 Å². The van der Waals surface area contributed by atoms with Crippen LogP contribution in [0.25, 0.3) is 0 Å². The maximum atomic E-state index is 11.4. The monoisotopic (exact) mass is 228 g/mol. The number of hydrogen-bond donors (Lipinski definition) is 1. The molecule has 2 heterocycles. The highest BCUT2D eigenvalue weighted by Gasteiger charge is 2.18. The van der Waals surface area contributed by atoms with Crippen LogP contribution < -0.4 is 5.32 Å². The predicted octanol–water partition coefficient (Wildman–Crippen LogP) is 0.936. The molecule has 4 nitrogen and oxygen atoms in total. The topological polar surface area (TPSA) is 51.2 Å². The zero-order valence-electron chi connectivity index (χ0n) is 8.45. The van der Waals surface area contributed by atoms with Gasteiger partial charge < -0.3 is 10.1 Å². The van der Waals surface area contributed by atoms with E-state index in [4.69, 9.17) is 4.74 Å². The highest BCUT2D eigenvalue weighted by atomic mass is 35.5. The molecule has 0 spiro atoms. The molecular formula is C10H13ClN2O2. The predicted molar refractivity (Wildman–Crippen MR) is 58.2 cm³/mol. The Kier molecular flexibility index (Phi) is 4.05. The molecule has 0 unspecified atom stereocenters. The molecule has 0 saturated carbocycles. The first-order valence-corrected chi connectivity index (χ1v) is 4.58. The lowest BCUT2D eigenvalue weighted by Gasteiger charge is -2.17. The van der Waals surface area contributed by atoms with Crippen LogP contribution in [-0.4, -0.2) is 24.6 Å². The van der Waals surface area contributed by atoms with Crippen LogP contribution in [0.4, 0.5) is 0 Å². The van der Waals surface area contributed by atoms with Crippen LogP contribution in [0.5, 0.6) is 0 Å². The number of aromatic nitrogens is 1. The first-order chi connectivity index (χ1) is 6.83. The lowest BCUT2D eigenvalue weighted by Crippen LogP contribution is -2.26. The minimum absolute atomic E-state index is 0. The van der Waals surface area contributed by atoms with Crippen molar-refractivity contribution in [3.05, 3.63) is 29.1 Å². The summed E-state index contributed by atoms with van der Waals surface area (Å²) < 4.78 is 4.71. The lowest BCUT2D eigenvalue weighted by atomic mass is 10.0. The molecule has 15 heavy (non-hydrogen) atoms. The SMILES string of the molecule is COC(=O)c1ccnc2c1CNCC2.Cl. The number of rotatable bonds is 1. The largest absolute Gasteiger partial charge is 0.465 e. The van der Waals surface area contributed by atoms with Gasteiger partial charge in [-0.15, -0.1) is 12.4 Å². The van der Waals surface area contributed by atoms with Crippen molar-refractivity contribution >= 4 is 18.4 Å². The molecule has 1 N–H and O–H groups in total. The van der Waals surface area contributed by atoms with Crippen molar-refractivity contribution in [2.75, 3.05) is 13.7 Å². The summed E-state index contributed by atoms with van der Waals surface area (Å²) in [7, 11) is 1.39. The number of nitrogens with zero attached hydrogens (tertiary/aromatic N) is 1. The first kappa shape index (κ1) is 11.9. The van der Waals surface area contributed by atoms with Crippen molar-refractivity contribution in [1.82, 2.24) is 10.3 Å². The van der Waals surface area contributed by atoms with Gasteiger partial charge in [-0.2, -0.15) is 0 Å². The van der Waals surface area contributed by atoms with Gasteiger partial charge in [-0.1, -0.05) is 0 Å². The van der Waals surface area contributed by atoms with Crippen LogP contribution in [0.15, 0.2) is 12.3 Å². The Bertz CT molecular complexity index is 368. The number of methoxy groups -OCH3 is 1. The number of halogens is 1. The second kappa shape index (κ2) is 5.09. The second-order valence-electron chi connectivity index (χ2n) is 3.20. The Morgan fingerprint density at radius 1 is 1.60 bits per heavy atom. The van der Waals surface area contributed by atoms with E-state index in [0.717, 1.165) is 24.2 Å². The Hall–Kier alpha value is -1.13. The minimum Gasteiger partial charge on any atom is -0.465 e. The molecule has 82 valence electrons. The van der Waals surface area contributed by atoms with Gasteiger partial charge in [0, 0.05) is 37.0 Å². The van der Waals surface area contributed by atoms with Crippen molar-refractivity contribution in [2.24, 2.45) is 0 Å². The summed E-state index contributed by atoms with van der Waals surface area (Å²) in [6.07, 6.45) is 2.54. The summed E-state index contributed by atoms with van der Waals surface area (Å²) in [5.41, 5.74) is 2.61. The van der Waals surface area contributed by atoms with Gasteiger partial charge in [0.2, 0.25) is 0 Å². The normalized spacial score (nSPS) is 13.7. The van der Waals surface area contributed by atoms with Crippen LogP contribution in [0, 0.1) is 0 Å². The smallest absolute Gasteiger partial charge is 0.338 e. The van der Waals surface area contributed by atoms with E-state index >= 15 is 0 Å². The summed E-state index contributed by atoms with van der Waals surface area (Å²) in [4.78, 5) is 15.7. The maximum Gasteiger partial charge on any atom is 0.338 e. The van der Waals surface area contributed by atoms with Crippen LogP contribution in [0.3, 0.4) is 0 Å². The fourth-order valence-electron chi connectivity index (χ4n) is 1.67. The molecule has 5 heteroatoms. The fourth-order valence-corrected chi connectivity index (χ4v) is 1.67. The quantitative estimate of drug-likeness (QED) is 0.727. The average molecular weight is 229 g/mol. The number of nitrogens with one attached hydrogen (secondary N) is 1. The van der Waals surface area contributed by atoms with E-state index in [2.05, 4.69) is 10.3 Å². The first-order valence-electron chi connectivity index (χ1n) is 4.58. The number of ether oxygens (including phenoxy) is 1. The van der Waals surface area contributed by atoms with Crippen molar-refractivity contribution in [3.63, 3.8) is 0 Å². The molecular weight excluding hydrogens is 216 g/mol. The molecule has 2 rings (SSSR count). The number of hydrogen-bond acceptors (Lipinski definition) is 4. The van der Waals surface area contributed by atoms with Gasteiger partial charge in [0.1, 0.15) is 0 Å². The van der Waals surface area contributed by atoms with Crippen molar-refractivity contribution in [2.45, 2.75) is 13.0 Å². The van der Waals surface area contributed by atoms with E-state index < -0.39 is 0 Å². The highest BCUT2D eigenvalue weighted by molar-refractivity contribution is 5.91. The molecule has 1 aliphatic heterocycles. The number of pyridine rings is 1. The third-order valence-corrected chi connectivity index (χ3v) is 2.39.